The number of amides is 2. The summed E-state index contributed by atoms with van der Waals surface area (Å²) in [5.41, 5.74) is 0.948. The first kappa shape index (κ1) is 15.7. The van der Waals surface area contributed by atoms with Crippen LogP contribution in [0.4, 0.5) is 5.69 Å². The van der Waals surface area contributed by atoms with E-state index >= 15 is 0 Å². The minimum Gasteiger partial charge on any atom is -0.274 e. The minimum absolute atomic E-state index is 0.0890. The maximum absolute atomic E-state index is 13.5. The zero-order chi connectivity index (χ0) is 17.9. The fourth-order valence-electron chi connectivity index (χ4n) is 4.98. The number of nitrogens with zero attached hydrogens (tertiary/aromatic N) is 3. The highest BCUT2D eigenvalue weighted by Gasteiger charge is 2.70. The highest BCUT2D eigenvalue weighted by atomic mass is 16.2. The largest absolute Gasteiger partial charge is 0.274 e. The summed E-state index contributed by atoms with van der Waals surface area (Å²) >= 11 is 0. The Bertz CT molecular complexity index is 869. The summed E-state index contributed by atoms with van der Waals surface area (Å²) in [7, 11) is 0. The van der Waals surface area contributed by atoms with Gasteiger partial charge in [0.2, 0.25) is 5.91 Å². The standard InChI is InChI=1S/C21H21N3O2/c1-21-17(19(25)24(20(21)26)16-11-6-3-7-12-16)18(15-9-4-2-5-10-15)22-13-8-14-23(21)22/h2-7,9-12,17-18H,8,13-14H2,1H3/t17-,18+,21-/m0/s1. The zero-order valence-electron chi connectivity index (χ0n) is 14.7. The monoisotopic (exact) mass is 347 g/mol. The number of hydrogen-bond donors (Lipinski definition) is 0. The van der Waals surface area contributed by atoms with Crippen molar-refractivity contribution in [3.63, 3.8) is 0 Å². The van der Waals surface area contributed by atoms with Crippen LogP contribution in [0.1, 0.15) is 24.9 Å². The van der Waals surface area contributed by atoms with Crippen molar-refractivity contribution in [3.05, 3.63) is 66.2 Å². The fourth-order valence-corrected chi connectivity index (χ4v) is 4.98. The van der Waals surface area contributed by atoms with Gasteiger partial charge >= 0.3 is 0 Å². The second kappa shape index (κ2) is 5.50. The van der Waals surface area contributed by atoms with Crippen molar-refractivity contribution in [2.45, 2.75) is 24.9 Å². The van der Waals surface area contributed by atoms with Gasteiger partial charge in [-0.1, -0.05) is 48.5 Å². The lowest BCUT2D eigenvalue weighted by atomic mass is 9.81. The highest BCUT2D eigenvalue weighted by molar-refractivity contribution is 6.25. The number of fused-ring (bicyclic) bond motifs is 3. The maximum atomic E-state index is 13.5. The van der Waals surface area contributed by atoms with E-state index < -0.39 is 11.5 Å². The average Bonchev–Trinajstić information content (AvgIpc) is 3.29. The molecule has 2 aromatic rings. The van der Waals surface area contributed by atoms with Crippen LogP contribution < -0.4 is 4.90 Å². The molecule has 5 rings (SSSR count). The summed E-state index contributed by atoms with van der Waals surface area (Å²) in [5, 5.41) is 4.40. The van der Waals surface area contributed by atoms with E-state index in [-0.39, 0.29) is 17.9 Å². The van der Waals surface area contributed by atoms with Gasteiger partial charge in [-0.3, -0.25) is 9.59 Å². The molecule has 0 aromatic heterocycles. The first-order chi connectivity index (χ1) is 12.6. The third-order valence-electron chi connectivity index (χ3n) is 6.12. The molecule has 0 radical (unpaired) electrons. The van der Waals surface area contributed by atoms with E-state index in [1.54, 1.807) is 0 Å². The Balaban J connectivity index is 1.65. The number of carbonyl (C=O) groups excluding carboxylic acids is 2. The lowest BCUT2D eigenvalue weighted by molar-refractivity contribution is -0.131. The highest BCUT2D eigenvalue weighted by Crippen LogP contribution is 2.54. The quantitative estimate of drug-likeness (QED) is 0.784. The predicted molar refractivity (Wildman–Crippen MR) is 98.0 cm³/mol. The molecule has 0 bridgehead atoms. The Kier molecular flexibility index (Phi) is 3.33. The van der Waals surface area contributed by atoms with Crippen LogP contribution >= 0.6 is 0 Å². The normalized spacial score (nSPS) is 31.5. The number of carbonyl (C=O) groups is 2. The van der Waals surface area contributed by atoms with Gasteiger partial charge in [0.05, 0.1) is 17.6 Å². The molecule has 0 unspecified atom stereocenters. The first-order valence-corrected chi connectivity index (χ1v) is 9.16. The van der Waals surface area contributed by atoms with Gasteiger partial charge in [-0.15, -0.1) is 0 Å². The second-order valence-corrected chi connectivity index (χ2v) is 7.43. The topological polar surface area (TPSA) is 43.9 Å². The predicted octanol–water partition coefficient (Wildman–Crippen LogP) is 2.61. The van der Waals surface area contributed by atoms with Crippen LogP contribution in [0, 0.1) is 5.92 Å². The molecular formula is C21H21N3O2. The Morgan fingerprint density at radius 2 is 1.58 bits per heavy atom. The van der Waals surface area contributed by atoms with Crippen LogP contribution in [0.15, 0.2) is 60.7 Å². The number of imide groups is 1. The van der Waals surface area contributed by atoms with E-state index in [1.165, 1.54) is 4.90 Å². The number of para-hydroxylation sites is 1. The summed E-state index contributed by atoms with van der Waals surface area (Å²) in [4.78, 5) is 28.3. The van der Waals surface area contributed by atoms with E-state index in [2.05, 4.69) is 22.2 Å². The van der Waals surface area contributed by atoms with Gasteiger partial charge in [-0.05, 0) is 31.0 Å². The third kappa shape index (κ3) is 1.87. The van der Waals surface area contributed by atoms with E-state index in [4.69, 9.17) is 0 Å². The zero-order valence-corrected chi connectivity index (χ0v) is 14.7. The molecule has 0 spiro atoms. The molecule has 3 heterocycles. The molecule has 2 aromatic carbocycles. The second-order valence-electron chi connectivity index (χ2n) is 7.43. The van der Waals surface area contributed by atoms with Crippen molar-refractivity contribution in [2.24, 2.45) is 5.92 Å². The molecular weight excluding hydrogens is 326 g/mol. The smallest absolute Gasteiger partial charge is 0.256 e. The van der Waals surface area contributed by atoms with Crippen LogP contribution in [-0.4, -0.2) is 40.5 Å². The van der Waals surface area contributed by atoms with Gasteiger partial charge in [0.15, 0.2) is 0 Å². The molecule has 3 fully saturated rings. The first-order valence-electron chi connectivity index (χ1n) is 9.16. The third-order valence-corrected chi connectivity index (χ3v) is 6.12. The lowest BCUT2D eigenvalue weighted by Gasteiger charge is -2.33. The number of anilines is 1. The molecule has 0 N–H and O–H groups in total. The van der Waals surface area contributed by atoms with Crippen molar-refractivity contribution in [1.82, 2.24) is 10.0 Å². The van der Waals surface area contributed by atoms with Gasteiger partial charge < -0.3 is 0 Å². The van der Waals surface area contributed by atoms with Gasteiger partial charge in [-0.25, -0.2) is 14.9 Å². The Morgan fingerprint density at radius 1 is 0.923 bits per heavy atom. The lowest BCUT2D eigenvalue weighted by Crippen LogP contribution is -2.52. The summed E-state index contributed by atoms with van der Waals surface area (Å²) < 4.78 is 0. The summed E-state index contributed by atoms with van der Waals surface area (Å²) in [6, 6.07) is 19.3. The molecule has 132 valence electrons. The molecule has 0 aliphatic carbocycles. The summed E-state index contributed by atoms with van der Waals surface area (Å²) in [6.45, 7) is 3.65. The van der Waals surface area contributed by atoms with Crippen molar-refractivity contribution in [1.29, 1.82) is 0 Å². The Labute approximate surface area is 152 Å². The molecule has 3 atom stereocenters. The number of hydrazine groups is 1. The molecule has 3 aliphatic rings. The van der Waals surface area contributed by atoms with Crippen molar-refractivity contribution in [3.8, 4) is 0 Å². The number of benzene rings is 2. The van der Waals surface area contributed by atoms with E-state index in [0.29, 0.717) is 5.69 Å². The van der Waals surface area contributed by atoms with Crippen LogP contribution in [0.25, 0.3) is 0 Å². The molecule has 3 saturated heterocycles. The van der Waals surface area contributed by atoms with Gasteiger partial charge in [-0.2, -0.15) is 0 Å². The van der Waals surface area contributed by atoms with E-state index in [9.17, 15) is 9.59 Å². The van der Waals surface area contributed by atoms with Crippen LogP contribution in [0.2, 0.25) is 0 Å². The van der Waals surface area contributed by atoms with Crippen molar-refractivity contribution < 1.29 is 9.59 Å². The molecule has 0 saturated carbocycles. The minimum atomic E-state index is -0.816. The van der Waals surface area contributed by atoms with Crippen LogP contribution in [0.3, 0.4) is 0 Å². The maximum Gasteiger partial charge on any atom is 0.256 e. The van der Waals surface area contributed by atoms with E-state index in [1.807, 2.05) is 55.5 Å². The molecule has 2 amide bonds. The molecule has 5 nitrogen and oxygen atoms in total. The summed E-state index contributed by atoms with van der Waals surface area (Å²) in [5.74, 6) is -0.589. The molecule has 5 heteroatoms. The molecule has 3 aliphatic heterocycles. The van der Waals surface area contributed by atoms with Gasteiger partial charge in [0.25, 0.3) is 5.91 Å². The van der Waals surface area contributed by atoms with Gasteiger partial charge in [0.1, 0.15) is 5.54 Å². The Hall–Kier alpha value is -2.50. The Morgan fingerprint density at radius 3 is 2.27 bits per heavy atom. The average molecular weight is 347 g/mol. The number of hydrogen-bond acceptors (Lipinski definition) is 4. The van der Waals surface area contributed by atoms with Crippen molar-refractivity contribution >= 4 is 17.5 Å². The van der Waals surface area contributed by atoms with Crippen LogP contribution in [0.5, 0.6) is 0 Å². The fraction of sp³-hybridized carbons (Fsp3) is 0.333. The SMILES string of the molecule is C[C@@]12C(=O)N(c3ccccc3)C(=O)[C@@H]1[C@@H](c1ccccc1)N1CCCN12. The van der Waals surface area contributed by atoms with E-state index in [0.717, 1.165) is 25.1 Å². The summed E-state index contributed by atoms with van der Waals surface area (Å²) in [6.07, 6.45) is 1.01. The number of rotatable bonds is 2. The van der Waals surface area contributed by atoms with Crippen molar-refractivity contribution in [2.75, 3.05) is 18.0 Å². The van der Waals surface area contributed by atoms with Gasteiger partial charge in [0, 0.05) is 13.1 Å². The molecule has 26 heavy (non-hydrogen) atoms. The van der Waals surface area contributed by atoms with Crippen LogP contribution in [-0.2, 0) is 9.59 Å².